The van der Waals surface area contributed by atoms with E-state index in [4.69, 9.17) is 4.52 Å². The second kappa shape index (κ2) is 6.23. The second-order valence-corrected chi connectivity index (χ2v) is 8.06. The Morgan fingerprint density at radius 2 is 1.96 bits per heavy atom. The van der Waals surface area contributed by atoms with Crippen LogP contribution in [0.25, 0.3) is 10.7 Å². The highest BCUT2D eigenvalue weighted by atomic mass is 32.2. The van der Waals surface area contributed by atoms with Crippen LogP contribution in [0.3, 0.4) is 0 Å². The van der Waals surface area contributed by atoms with Gasteiger partial charge in [-0.05, 0) is 30.5 Å². The SMILES string of the molecule is Cc1ccc(S(=O)(=O)N(C)Cc2nc(-c3cccs3)no2)cc1. The van der Waals surface area contributed by atoms with E-state index < -0.39 is 10.0 Å². The number of hydrogen-bond donors (Lipinski definition) is 0. The first kappa shape index (κ1) is 15.9. The summed E-state index contributed by atoms with van der Waals surface area (Å²) >= 11 is 1.50. The standard InChI is InChI=1S/C15H15N3O3S2/c1-11-5-7-12(8-6-11)23(19,20)18(2)10-14-16-15(17-21-14)13-4-3-9-22-13/h3-9H,10H2,1-2H3. The molecule has 23 heavy (non-hydrogen) atoms. The number of benzene rings is 1. The first-order valence-electron chi connectivity index (χ1n) is 6.86. The van der Waals surface area contributed by atoms with E-state index in [1.54, 1.807) is 24.3 Å². The van der Waals surface area contributed by atoms with Crippen LogP contribution in [0.2, 0.25) is 0 Å². The van der Waals surface area contributed by atoms with Crippen LogP contribution in [0.4, 0.5) is 0 Å². The molecule has 0 N–H and O–H groups in total. The van der Waals surface area contributed by atoms with Gasteiger partial charge in [0.1, 0.15) is 0 Å². The number of aromatic nitrogens is 2. The van der Waals surface area contributed by atoms with Crippen molar-refractivity contribution in [2.24, 2.45) is 0 Å². The van der Waals surface area contributed by atoms with Gasteiger partial charge in [-0.1, -0.05) is 28.9 Å². The molecule has 0 bridgehead atoms. The lowest BCUT2D eigenvalue weighted by Crippen LogP contribution is -2.26. The van der Waals surface area contributed by atoms with Crippen LogP contribution in [0.15, 0.2) is 51.2 Å². The van der Waals surface area contributed by atoms with E-state index in [1.807, 2.05) is 24.4 Å². The Morgan fingerprint density at radius 3 is 2.61 bits per heavy atom. The van der Waals surface area contributed by atoms with E-state index in [0.717, 1.165) is 10.4 Å². The largest absolute Gasteiger partial charge is 0.337 e. The van der Waals surface area contributed by atoms with Gasteiger partial charge in [0.15, 0.2) is 0 Å². The lowest BCUT2D eigenvalue weighted by atomic mass is 10.2. The average molecular weight is 349 g/mol. The minimum Gasteiger partial charge on any atom is -0.337 e. The summed E-state index contributed by atoms with van der Waals surface area (Å²) in [4.78, 5) is 5.36. The van der Waals surface area contributed by atoms with Gasteiger partial charge >= 0.3 is 0 Å². The molecule has 0 atom stereocenters. The summed E-state index contributed by atoms with van der Waals surface area (Å²) in [6.45, 7) is 1.93. The van der Waals surface area contributed by atoms with E-state index in [2.05, 4.69) is 10.1 Å². The molecular weight excluding hydrogens is 334 g/mol. The quantitative estimate of drug-likeness (QED) is 0.708. The molecule has 0 spiro atoms. The lowest BCUT2D eigenvalue weighted by Gasteiger charge is -2.15. The first-order chi connectivity index (χ1) is 11.0. The molecule has 120 valence electrons. The molecule has 0 aliphatic heterocycles. The fourth-order valence-electron chi connectivity index (χ4n) is 1.99. The highest BCUT2D eigenvalue weighted by Gasteiger charge is 2.23. The van der Waals surface area contributed by atoms with Gasteiger partial charge in [-0.25, -0.2) is 8.42 Å². The molecule has 0 saturated heterocycles. The van der Waals surface area contributed by atoms with Gasteiger partial charge in [0.2, 0.25) is 21.7 Å². The predicted octanol–water partition coefficient (Wildman–Crippen LogP) is 2.93. The highest BCUT2D eigenvalue weighted by Crippen LogP contribution is 2.22. The molecule has 8 heteroatoms. The molecule has 0 aliphatic carbocycles. The molecule has 2 heterocycles. The molecule has 3 rings (SSSR count). The van der Waals surface area contributed by atoms with Gasteiger partial charge in [-0.15, -0.1) is 11.3 Å². The summed E-state index contributed by atoms with van der Waals surface area (Å²) in [5.74, 6) is 0.725. The van der Waals surface area contributed by atoms with Crippen LogP contribution >= 0.6 is 11.3 Å². The normalized spacial score (nSPS) is 12.0. The number of nitrogens with zero attached hydrogens (tertiary/aromatic N) is 3. The van der Waals surface area contributed by atoms with Crippen molar-refractivity contribution in [2.45, 2.75) is 18.4 Å². The van der Waals surface area contributed by atoms with E-state index in [0.29, 0.717) is 5.82 Å². The van der Waals surface area contributed by atoms with Crippen molar-refractivity contribution in [1.82, 2.24) is 14.4 Å². The zero-order chi connectivity index (χ0) is 16.4. The topological polar surface area (TPSA) is 76.3 Å². The van der Waals surface area contributed by atoms with Crippen molar-refractivity contribution < 1.29 is 12.9 Å². The van der Waals surface area contributed by atoms with Gasteiger partial charge in [0.25, 0.3) is 0 Å². The highest BCUT2D eigenvalue weighted by molar-refractivity contribution is 7.89. The van der Waals surface area contributed by atoms with Gasteiger partial charge in [-0.2, -0.15) is 9.29 Å². The zero-order valence-electron chi connectivity index (χ0n) is 12.6. The van der Waals surface area contributed by atoms with Crippen molar-refractivity contribution >= 4 is 21.4 Å². The Bertz CT molecular complexity index is 884. The number of sulfonamides is 1. The van der Waals surface area contributed by atoms with Crippen LogP contribution < -0.4 is 0 Å². The summed E-state index contributed by atoms with van der Waals surface area (Å²) in [7, 11) is -2.10. The van der Waals surface area contributed by atoms with Crippen molar-refractivity contribution in [3.63, 3.8) is 0 Å². The third kappa shape index (κ3) is 3.34. The van der Waals surface area contributed by atoms with Crippen LogP contribution in [0.5, 0.6) is 0 Å². The molecule has 2 aromatic heterocycles. The molecular formula is C15H15N3O3S2. The third-order valence-electron chi connectivity index (χ3n) is 3.30. The van der Waals surface area contributed by atoms with E-state index >= 15 is 0 Å². The summed E-state index contributed by atoms with van der Waals surface area (Å²) in [5.41, 5.74) is 1.00. The van der Waals surface area contributed by atoms with Crippen molar-refractivity contribution in [2.75, 3.05) is 7.05 Å². The van der Waals surface area contributed by atoms with E-state index in [1.165, 1.54) is 22.7 Å². The Balaban J connectivity index is 1.78. The molecule has 3 aromatic rings. The van der Waals surface area contributed by atoms with Crippen LogP contribution in [0, 0.1) is 6.92 Å². The van der Waals surface area contributed by atoms with Crippen LogP contribution in [-0.4, -0.2) is 29.9 Å². The van der Waals surface area contributed by atoms with Gasteiger partial charge in [-0.3, -0.25) is 0 Å². The maximum atomic E-state index is 12.5. The van der Waals surface area contributed by atoms with Crippen molar-refractivity contribution in [3.8, 4) is 10.7 Å². The monoisotopic (exact) mass is 349 g/mol. The summed E-state index contributed by atoms with van der Waals surface area (Å²) in [6, 6.07) is 10.5. The maximum absolute atomic E-state index is 12.5. The molecule has 0 saturated carbocycles. The molecule has 0 unspecified atom stereocenters. The second-order valence-electron chi connectivity index (χ2n) is 5.06. The minimum absolute atomic E-state index is 0.0224. The Kier molecular flexibility index (Phi) is 4.29. The van der Waals surface area contributed by atoms with E-state index in [-0.39, 0.29) is 17.3 Å². The van der Waals surface area contributed by atoms with Crippen molar-refractivity contribution in [3.05, 3.63) is 53.2 Å². The molecule has 0 fully saturated rings. The summed E-state index contributed by atoms with van der Waals surface area (Å²) in [6.07, 6.45) is 0. The number of rotatable bonds is 5. The lowest BCUT2D eigenvalue weighted by molar-refractivity contribution is 0.337. The predicted molar refractivity (Wildman–Crippen MR) is 87.4 cm³/mol. The van der Waals surface area contributed by atoms with Crippen molar-refractivity contribution in [1.29, 1.82) is 0 Å². The molecule has 6 nitrogen and oxygen atoms in total. The number of thiophene rings is 1. The Labute approximate surface area is 138 Å². The van der Waals surface area contributed by atoms with Gasteiger partial charge in [0, 0.05) is 7.05 Å². The molecule has 0 amide bonds. The fraction of sp³-hybridized carbons (Fsp3) is 0.200. The minimum atomic E-state index is -3.59. The number of hydrogen-bond acceptors (Lipinski definition) is 6. The Hall–Kier alpha value is -2.03. The third-order valence-corrected chi connectivity index (χ3v) is 5.98. The van der Waals surface area contributed by atoms with E-state index in [9.17, 15) is 8.42 Å². The molecule has 0 radical (unpaired) electrons. The summed E-state index contributed by atoms with van der Waals surface area (Å²) in [5, 5.41) is 5.80. The van der Waals surface area contributed by atoms with Crippen LogP contribution in [-0.2, 0) is 16.6 Å². The van der Waals surface area contributed by atoms with Gasteiger partial charge < -0.3 is 4.52 Å². The molecule has 1 aromatic carbocycles. The smallest absolute Gasteiger partial charge is 0.243 e. The molecule has 0 aliphatic rings. The summed E-state index contributed by atoms with van der Waals surface area (Å²) < 4.78 is 31.4. The average Bonchev–Trinajstić information content (AvgIpc) is 3.18. The zero-order valence-corrected chi connectivity index (χ0v) is 14.3. The number of aryl methyl sites for hydroxylation is 1. The van der Waals surface area contributed by atoms with Gasteiger partial charge in [0.05, 0.1) is 16.3 Å². The first-order valence-corrected chi connectivity index (χ1v) is 9.18. The maximum Gasteiger partial charge on any atom is 0.243 e. The van der Waals surface area contributed by atoms with Crippen LogP contribution in [0.1, 0.15) is 11.5 Å². The Morgan fingerprint density at radius 1 is 1.22 bits per heavy atom. The fourth-order valence-corrected chi connectivity index (χ4v) is 3.76.